The van der Waals surface area contributed by atoms with Crippen molar-refractivity contribution in [2.24, 2.45) is 5.16 Å². The largest absolute Gasteiger partial charge is 0.489 e. The van der Waals surface area contributed by atoms with E-state index in [1.807, 2.05) is 42.6 Å². The van der Waals surface area contributed by atoms with Crippen LogP contribution in [0, 0.1) is 0 Å². The monoisotopic (exact) mass is 317 g/mol. The van der Waals surface area contributed by atoms with Gasteiger partial charge in [0, 0.05) is 29.9 Å². The Morgan fingerprint density at radius 1 is 1.27 bits per heavy atom. The molecular weight excluding hydrogens is 302 g/mol. The van der Waals surface area contributed by atoms with Gasteiger partial charge in [0.1, 0.15) is 12.4 Å². The van der Waals surface area contributed by atoms with Crippen LogP contribution in [0.2, 0.25) is 0 Å². The molecule has 0 saturated heterocycles. The van der Waals surface area contributed by atoms with Crippen LogP contribution in [-0.4, -0.2) is 30.0 Å². The standard InChI is InChI=1S/C16H16ClN3O2/c17-19-10-13-8-14(22-20-13)11-21-16-6-2-1-5-15(16)12-4-3-7-18-9-12/h1-7,9,14,19H,8,10-11H2. The zero-order valence-corrected chi connectivity index (χ0v) is 12.7. The van der Waals surface area contributed by atoms with Crippen LogP contribution in [0.3, 0.4) is 0 Å². The highest BCUT2D eigenvalue weighted by molar-refractivity contribution is 6.14. The second-order valence-corrected chi connectivity index (χ2v) is 5.22. The van der Waals surface area contributed by atoms with Crippen molar-refractivity contribution in [1.29, 1.82) is 0 Å². The Bertz CT molecular complexity index is 649. The molecule has 1 aliphatic rings. The van der Waals surface area contributed by atoms with E-state index in [1.165, 1.54) is 0 Å². The molecule has 1 atom stereocenters. The molecule has 22 heavy (non-hydrogen) atoms. The minimum Gasteiger partial charge on any atom is -0.489 e. The Hall–Kier alpha value is -2.11. The lowest BCUT2D eigenvalue weighted by Crippen LogP contribution is -2.21. The average Bonchev–Trinajstić information content (AvgIpc) is 3.02. The first kappa shape index (κ1) is 14.8. The highest BCUT2D eigenvalue weighted by Gasteiger charge is 2.21. The smallest absolute Gasteiger partial charge is 0.166 e. The first-order valence-electron chi connectivity index (χ1n) is 7.04. The van der Waals surface area contributed by atoms with E-state index in [4.69, 9.17) is 21.4 Å². The van der Waals surface area contributed by atoms with Gasteiger partial charge in [-0.1, -0.05) is 29.4 Å². The molecule has 2 aromatic rings. The number of pyridine rings is 1. The van der Waals surface area contributed by atoms with Gasteiger partial charge in [-0.15, -0.1) is 0 Å². The Balaban J connectivity index is 1.65. The van der Waals surface area contributed by atoms with Crippen LogP contribution >= 0.6 is 11.8 Å². The summed E-state index contributed by atoms with van der Waals surface area (Å²) in [5.41, 5.74) is 2.93. The molecule has 0 fully saturated rings. The van der Waals surface area contributed by atoms with Gasteiger partial charge in [0.05, 0.1) is 12.3 Å². The number of hydrogen-bond donors (Lipinski definition) is 1. The van der Waals surface area contributed by atoms with Crippen LogP contribution in [0.25, 0.3) is 11.1 Å². The van der Waals surface area contributed by atoms with Gasteiger partial charge in [-0.25, -0.2) is 4.84 Å². The van der Waals surface area contributed by atoms with Gasteiger partial charge in [0.2, 0.25) is 0 Å². The predicted octanol–water partition coefficient (Wildman–Crippen LogP) is 3.02. The fraction of sp³-hybridized carbons (Fsp3) is 0.250. The van der Waals surface area contributed by atoms with E-state index in [1.54, 1.807) is 6.20 Å². The molecule has 0 saturated carbocycles. The lowest BCUT2D eigenvalue weighted by molar-refractivity contribution is 0.0472. The number of oxime groups is 1. The molecule has 1 aromatic heterocycles. The number of hydrogen-bond acceptors (Lipinski definition) is 5. The van der Waals surface area contributed by atoms with Gasteiger partial charge in [0.25, 0.3) is 0 Å². The number of para-hydroxylation sites is 1. The molecule has 0 amide bonds. The highest BCUT2D eigenvalue weighted by atomic mass is 35.5. The number of benzene rings is 1. The summed E-state index contributed by atoms with van der Waals surface area (Å²) < 4.78 is 5.92. The molecule has 2 heterocycles. The van der Waals surface area contributed by atoms with Crippen LogP contribution in [0.4, 0.5) is 0 Å². The summed E-state index contributed by atoms with van der Waals surface area (Å²) in [7, 11) is 0. The van der Waals surface area contributed by atoms with Crippen molar-refractivity contribution in [3.05, 3.63) is 48.8 Å². The zero-order chi connectivity index (χ0) is 15.2. The van der Waals surface area contributed by atoms with Crippen molar-refractivity contribution in [2.45, 2.75) is 12.5 Å². The minimum absolute atomic E-state index is 0.0815. The third kappa shape index (κ3) is 3.55. The Morgan fingerprint density at radius 2 is 2.18 bits per heavy atom. The first-order valence-corrected chi connectivity index (χ1v) is 7.42. The molecular formula is C16H16ClN3O2. The fourth-order valence-corrected chi connectivity index (χ4v) is 2.45. The molecule has 1 aromatic carbocycles. The van der Waals surface area contributed by atoms with Crippen molar-refractivity contribution in [1.82, 2.24) is 9.82 Å². The molecule has 1 aliphatic heterocycles. The molecule has 1 unspecified atom stereocenters. The second kappa shape index (κ2) is 7.24. The Kier molecular flexibility index (Phi) is 4.88. The van der Waals surface area contributed by atoms with Gasteiger partial charge in [-0.3, -0.25) is 4.98 Å². The summed E-state index contributed by atoms with van der Waals surface area (Å²) in [5.74, 6) is 0.808. The van der Waals surface area contributed by atoms with Gasteiger partial charge in [-0.2, -0.15) is 0 Å². The lowest BCUT2D eigenvalue weighted by atomic mass is 10.1. The predicted molar refractivity (Wildman–Crippen MR) is 85.9 cm³/mol. The third-order valence-electron chi connectivity index (χ3n) is 3.35. The van der Waals surface area contributed by atoms with Crippen LogP contribution in [0.1, 0.15) is 6.42 Å². The van der Waals surface area contributed by atoms with Crippen LogP contribution < -0.4 is 9.57 Å². The van der Waals surface area contributed by atoms with Crippen molar-refractivity contribution < 1.29 is 9.57 Å². The Labute approximate surface area is 134 Å². The molecule has 0 bridgehead atoms. The van der Waals surface area contributed by atoms with E-state index >= 15 is 0 Å². The van der Waals surface area contributed by atoms with E-state index in [-0.39, 0.29) is 6.10 Å². The molecule has 6 heteroatoms. The quantitative estimate of drug-likeness (QED) is 0.832. The van der Waals surface area contributed by atoms with E-state index in [2.05, 4.69) is 15.0 Å². The topological polar surface area (TPSA) is 55.7 Å². The number of rotatable bonds is 6. The lowest BCUT2D eigenvalue weighted by Gasteiger charge is -2.14. The summed E-state index contributed by atoms with van der Waals surface area (Å²) in [5, 5.41) is 3.98. The average molecular weight is 318 g/mol. The fourth-order valence-electron chi connectivity index (χ4n) is 2.29. The maximum atomic E-state index is 5.92. The van der Waals surface area contributed by atoms with E-state index in [9.17, 15) is 0 Å². The molecule has 5 nitrogen and oxygen atoms in total. The van der Waals surface area contributed by atoms with E-state index in [0.29, 0.717) is 13.2 Å². The molecule has 3 rings (SSSR count). The van der Waals surface area contributed by atoms with Gasteiger partial charge < -0.3 is 9.57 Å². The number of nitrogens with one attached hydrogen (secondary N) is 1. The van der Waals surface area contributed by atoms with Crippen molar-refractivity contribution >= 4 is 17.5 Å². The first-order chi connectivity index (χ1) is 10.9. The molecule has 0 radical (unpaired) electrons. The SMILES string of the molecule is ClNCC1=NOC(COc2ccccc2-c2cccnc2)C1. The minimum atomic E-state index is -0.0815. The normalized spacial score (nSPS) is 17.0. The molecule has 0 spiro atoms. The molecule has 1 N–H and O–H groups in total. The number of aromatic nitrogens is 1. The third-order valence-corrected chi connectivity index (χ3v) is 3.48. The van der Waals surface area contributed by atoms with Crippen molar-refractivity contribution in [2.75, 3.05) is 13.2 Å². The maximum Gasteiger partial charge on any atom is 0.166 e. The van der Waals surface area contributed by atoms with Crippen molar-refractivity contribution in [3.63, 3.8) is 0 Å². The summed E-state index contributed by atoms with van der Waals surface area (Å²) in [6.07, 6.45) is 4.21. The Morgan fingerprint density at radius 3 is 3.00 bits per heavy atom. The zero-order valence-electron chi connectivity index (χ0n) is 11.9. The molecule has 114 valence electrons. The number of ether oxygens (including phenoxy) is 1. The summed E-state index contributed by atoms with van der Waals surface area (Å²) in [4.78, 5) is 12.0. The summed E-state index contributed by atoms with van der Waals surface area (Å²) in [6.45, 7) is 0.955. The van der Waals surface area contributed by atoms with E-state index in [0.717, 1.165) is 29.0 Å². The summed E-state index contributed by atoms with van der Waals surface area (Å²) >= 11 is 5.47. The number of halogens is 1. The van der Waals surface area contributed by atoms with Gasteiger partial charge >= 0.3 is 0 Å². The number of nitrogens with zero attached hydrogens (tertiary/aromatic N) is 2. The highest BCUT2D eigenvalue weighted by Crippen LogP contribution is 2.29. The van der Waals surface area contributed by atoms with Crippen molar-refractivity contribution in [3.8, 4) is 16.9 Å². The molecule has 0 aliphatic carbocycles. The maximum absolute atomic E-state index is 5.92. The van der Waals surface area contributed by atoms with Gasteiger partial charge in [0.15, 0.2) is 6.10 Å². The van der Waals surface area contributed by atoms with Crippen LogP contribution in [-0.2, 0) is 4.84 Å². The summed E-state index contributed by atoms with van der Waals surface area (Å²) in [6, 6.07) is 11.8. The van der Waals surface area contributed by atoms with Crippen LogP contribution in [0.5, 0.6) is 5.75 Å². The van der Waals surface area contributed by atoms with E-state index < -0.39 is 0 Å². The van der Waals surface area contributed by atoms with Crippen LogP contribution in [0.15, 0.2) is 53.9 Å². The second-order valence-electron chi connectivity index (χ2n) is 4.95. The van der Waals surface area contributed by atoms with Gasteiger partial charge in [-0.05, 0) is 23.9 Å².